The first kappa shape index (κ1) is 27.7. The molecule has 3 aromatic rings. The molecule has 196 valence electrons. The number of carbonyl (C=O) groups excluding carboxylic acids is 1. The van der Waals surface area contributed by atoms with E-state index in [0.717, 1.165) is 35.6 Å². The summed E-state index contributed by atoms with van der Waals surface area (Å²) in [5.74, 6) is 0.221. The first-order valence-electron chi connectivity index (χ1n) is 12.7. The summed E-state index contributed by atoms with van der Waals surface area (Å²) in [6, 6.07) is 16.4. The van der Waals surface area contributed by atoms with Crippen LogP contribution in [0.4, 0.5) is 15.0 Å². The van der Waals surface area contributed by atoms with Gasteiger partial charge in [-0.2, -0.15) is 5.26 Å². The Morgan fingerprint density at radius 1 is 1.11 bits per heavy atom. The summed E-state index contributed by atoms with van der Waals surface area (Å²) < 4.78 is 21.6. The maximum Gasteiger partial charge on any atom is 0.407 e. The number of anilines is 1. The Morgan fingerprint density at radius 3 is 2.32 bits per heavy atom. The molecule has 1 aliphatic rings. The van der Waals surface area contributed by atoms with Crippen LogP contribution in [0.3, 0.4) is 0 Å². The Labute approximate surface area is 218 Å². The highest BCUT2D eigenvalue weighted by Gasteiger charge is 2.26. The summed E-state index contributed by atoms with van der Waals surface area (Å²) >= 11 is 0. The Bertz CT molecular complexity index is 1250. The topological polar surface area (TPSA) is 83.2 Å². The molecule has 0 saturated carbocycles. The molecule has 0 atom stereocenters. The molecule has 4 rings (SSSR count). The van der Waals surface area contributed by atoms with E-state index >= 15 is 0 Å². The average Bonchev–Trinajstić information content (AvgIpc) is 3.30. The lowest BCUT2D eigenvalue weighted by Gasteiger charge is -2.32. The third-order valence-corrected chi connectivity index (χ3v) is 5.90. The highest BCUT2D eigenvalue weighted by molar-refractivity contribution is 5.69. The second-order valence-electron chi connectivity index (χ2n) is 9.85. The lowest BCUT2D eigenvalue weighted by atomic mass is 10.0. The number of hydrogen-bond acceptors (Lipinski definition) is 5. The largest absolute Gasteiger partial charge is 0.444 e. The van der Waals surface area contributed by atoms with Crippen molar-refractivity contribution in [3.8, 4) is 23.0 Å². The Morgan fingerprint density at radius 2 is 1.76 bits per heavy atom. The van der Waals surface area contributed by atoms with E-state index in [0.29, 0.717) is 18.7 Å². The highest BCUT2D eigenvalue weighted by Crippen LogP contribution is 2.30. The molecule has 1 N–H and O–H groups in total. The SMILES string of the molecule is CC.Cc1ccc(-n2nc(N3CCC(NC(=O)OC(C)(C)C)CC3)cc2-c2ccc(C#N)c(F)c2)cc1. The van der Waals surface area contributed by atoms with Gasteiger partial charge in [0.2, 0.25) is 0 Å². The zero-order valence-electron chi connectivity index (χ0n) is 22.5. The van der Waals surface area contributed by atoms with Gasteiger partial charge in [0.05, 0.1) is 16.9 Å². The number of rotatable bonds is 4. The number of benzene rings is 2. The minimum absolute atomic E-state index is 0.00920. The van der Waals surface area contributed by atoms with Crippen molar-refractivity contribution >= 4 is 11.9 Å². The van der Waals surface area contributed by atoms with Gasteiger partial charge in [0.25, 0.3) is 0 Å². The summed E-state index contributed by atoms with van der Waals surface area (Å²) in [5.41, 5.74) is 2.85. The number of hydrogen-bond donors (Lipinski definition) is 1. The molecule has 1 amide bonds. The van der Waals surface area contributed by atoms with Crippen molar-refractivity contribution in [2.75, 3.05) is 18.0 Å². The van der Waals surface area contributed by atoms with Crippen LogP contribution in [0.5, 0.6) is 0 Å². The number of piperidine rings is 1. The molecule has 0 bridgehead atoms. The molecule has 0 unspecified atom stereocenters. The maximum atomic E-state index is 14.4. The van der Waals surface area contributed by atoms with Gasteiger partial charge in [0.15, 0.2) is 5.82 Å². The fourth-order valence-corrected chi connectivity index (χ4v) is 4.10. The number of aryl methyl sites for hydroxylation is 1. The third-order valence-electron chi connectivity index (χ3n) is 5.90. The molecule has 2 heterocycles. The van der Waals surface area contributed by atoms with Gasteiger partial charge >= 0.3 is 6.09 Å². The summed E-state index contributed by atoms with van der Waals surface area (Å²) in [7, 11) is 0. The minimum atomic E-state index is -0.558. The van der Waals surface area contributed by atoms with E-state index in [1.165, 1.54) is 12.1 Å². The molecule has 0 spiro atoms. The third kappa shape index (κ3) is 7.10. The van der Waals surface area contributed by atoms with Crippen molar-refractivity contribution < 1.29 is 13.9 Å². The Hall–Kier alpha value is -3.86. The molecule has 8 heteroatoms. The normalized spacial score (nSPS) is 13.8. The molecule has 0 aliphatic carbocycles. The number of alkyl carbamates (subject to hydrolysis) is 1. The number of nitriles is 1. The summed E-state index contributed by atoms with van der Waals surface area (Å²) in [4.78, 5) is 14.3. The van der Waals surface area contributed by atoms with Crippen molar-refractivity contribution in [1.29, 1.82) is 5.26 Å². The van der Waals surface area contributed by atoms with Gasteiger partial charge in [-0.15, -0.1) is 5.10 Å². The first-order valence-corrected chi connectivity index (χ1v) is 12.7. The zero-order valence-corrected chi connectivity index (χ0v) is 22.5. The fraction of sp³-hybridized carbons (Fsp3) is 0.414. The van der Waals surface area contributed by atoms with Crippen LogP contribution in [0.15, 0.2) is 48.5 Å². The smallest absolute Gasteiger partial charge is 0.407 e. The standard InChI is InChI=1S/C27H30FN5O2.C2H6/c1-18-5-9-22(10-6-18)33-24(19-7-8-20(17-29)23(28)15-19)16-25(31-33)32-13-11-21(12-14-32)30-26(34)35-27(2,3)4;1-2/h5-10,15-16,21H,11-14H2,1-4H3,(H,30,34);1-2H3. The zero-order chi connectivity index (χ0) is 27.2. The van der Waals surface area contributed by atoms with E-state index in [9.17, 15) is 9.18 Å². The van der Waals surface area contributed by atoms with Crippen molar-refractivity contribution in [2.24, 2.45) is 0 Å². The minimum Gasteiger partial charge on any atom is -0.444 e. The van der Waals surface area contributed by atoms with Crippen molar-refractivity contribution in [2.45, 2.75) is 66.0 Å². The summed E-state index contributed by atoms with van der Waals surface area (Å²) in [5, 5.41) is 16.9. The van der Waals surface area contributed by atoms with Crippen molar-refractivity contribution in [1.82, 2.24) is 15.1 Å². The molecular formula is C29H36FN5O2. The summed E-state index contributed by atoms with van der Waals surface area (Å²) in [6.45, 7) is 13.0. The molecule has 1 aromatic heterocycles. The van der Waals surface area contributed by atoms with Gasteiger partial charge in [0.1, 0.15) is 17.5 Å². The van der Waals surface area contributed by atoms with Gasteiger partial charge < -0.3 is 15.0 Å². The van der Waals surface area contributed by atoms with E-state index in [4.69, 9.17) is 15.1 Å². The fourth-order valence-electron chi connectivity index (χ4n) is 4.10. The van der Waals surface area contributed by atoms with Crippen LogP contribution in [0.2, 0.25) is 0 Å². The molecule has 1 aliphatic heterocycles. The van der Waals surface area contributed by atoms with Crippen LogP contribution in [0.25, 0.3) is 16.9 Å². The first-order chi connectivity index (χ1) is 17.6. The van der Waals surface area contributed by atoms with Crippen LogP contribution >= 0.6 is 0 Å². The molecule has 0 radical (unpaired) electrons. The maximum absolute atomic E-state index is 14.4. The number of aromatic nitrogens is 2. The van der Waals surface area contributed by atoms with Gasteiger partial charge in [-0.3, -0.25) is 0 Å². The van der Waals surface area contributed by atoms with E-state index in [-0.39, 0.29) is 11.6 Å². The second kappa shape index (κ2) is 11.9. The Kier molecular flexibility index (Phi) is 8.93. The molecule has 7 nitrogen and oxygen atoms in total. The van der Waals surface area contributed by atoms with Gasteiger partial charge in [0, 0.05) is 30.8 Å². The highest BCUT2D eigenvalue weighted by atomic mass is 19.1. The molecule has 1 saturated heterocycles. The van der Waals surface area contributed by atoms with Crippen LogP contribution in [-0.2, 0) is 4.74 Å². The molecule has 37 heavy (non-hydrogen) atoms. The van der Waals surface area contributed by atoms with Crippen LogP contribution in [0.1, 0.15) is 58.6 Å². The van der Waals surface area contributed by atoms with Gasteiger partial charge in [-0.05, 0) is 64.8 Å². The predicted molar refractivity (Wildman–Crippen MR) is 144 cm³/mol. The average molecular weight is 506 g/mol. The van der Waals surface area contributed by atoms with Crippen LogP contribution in [-0.4, -0.2) is 40.6 Å². The van der Waals surface area contributed by atoms with E-state index in [1.807, 2.05) is 77.9 Å². The van der Waals surface area contributed by atoms with Crippen molar-refractivity contribution in [3.05, 3.63) is 65.5 Å². The Balaban J connectivity index is 0.00000186. The number of amides is 1. The van der Waals surface area contributed by atoms with E-state index in [1.54, 1.807) is 10.7 Å². The van der Waals surface area contributed by atoms with E-state index in [2.05, 4.69) is 10.2 Å². The number of nitrogens with zero attached hydrogens (tertiary/aromatic N) is 4. The second-order valence-corrected chi connectivity index (χ2v) is 9.85. The lowest BCUT2D eigenvalue weighted by Crippen LogP contribution is -2.46. The van der Waals surface area contributed by atoms with Gasteiger partial charge in [-0.1, -0.05) is 37.6 Å². The van der Waals surface area contributed by atoms with Crippen molar-refractivity contribution in [3.63, 3.8) is 0 Å². The molecule has 1 fully saturated rings. The quantitative estimate of drug-likeness (QED) is 0.445. The summed E-state index contributed by atoms with van der Waals surface area (Å²) in [6.07, 6.45) is 1.12. The number of nitrogens with one attached hydrogen (secondary N) is 1. The molecular weight excluding hydrogens is 469 g/mol. The van der Waals surface area contributed by atoms with Crippen LogP contribution in [0, 0.1) is 24.1 Å². The predicted octanol–water partition coefficient (Wildman–Crippen LogP) is 6.38. The number of ether oxygens (including phenoxy) is 1. The number of carbonyl (C=O) groups is 1. The monoisotopic (exact) mass is 505 g/mol. The van der Waals surface area contributed by atoms with Gasteiger partial charge in [-0.25, -0.2) is 13.9 Å². The number of halogens is 1. The lowest BCUT2D eigenvalue weighted by molar-refractivity contribution is 0.0497. The molecule has 2 aromatic carbocycles. The van der Waals surface area contributed by atoms with E-state index < -0.39 is 17.5 Å². The van der Waals surface area contributed by atoms with Crippen LogP contribution < -0.4 is 10.2 Å².